The van der Waals surface area contributed by atoms with Crippen LogP contribution in [0, 0.1) is 12.8 Å². The second kappa shape index (κ2) is 7.82. The summed E-state index contributed by atoms with van der Waals surface area (Å²) >= 11 is 0. The van der Waals surface area contributed by atoms with Crippen molar-refractivity contribution in [3.8, 4) is 0 Å². The first-order chi connectivity index (χ1) is 13.1. The number of aryl methyl sites for hydroxylation is 1. The molecule has 2 fully saturated rings. The fourth-order valence-corrected chi connectivity index (χ4v) is 4.09. The van der Waals surface area contributed by atoms with Crippen molar-refractivity contribution in [2.45, 2.75) is 26.3 Å². The van der Waals surface area contributed by atoms with Crippen LogP contribution in [0.1, 0.15) is 24.0 Å². The number of ether oxygens (including phenoxy) is 1. The molecule has 3 heterocycles. The Morgan fingerprint density at radius 1 is 1.11 bits per heavy atom. The van der Waals surface area contributed by atoms with Gasteiger partial charge in [-0.05, 0) is 50.0 Å². The number of benzene rings is 1. The van der Waals surface area contributed by atoms with Gasteiger partial charge in [-0.25, -0.2) is 4.79 Å². The maximum atomic E-state index is 12.7. The van der Waals surface area contributed by atoms with Crippen LogP contribution < -0.4 is 5.63 Å². The van der Waals surface area contributed by atoms with Crippen LogP contribution in [-0.4, -0.2) is 55.1 Å². The van der Waals surface area contributed by atoms with Crippen molar-refractivity contribution < 1.29 is 13.9 Å². The molecule has 2 aliphatic heterocycles. The molecule has 1 aromatic heterocycles. The van der Waals surface area contributed by atoms with Gasteiger partial charge < -0.3 is 14.1 Å². The summed E-state index contributed by atoms with van der Waals surface area (Å²) in [6.07, 6.45) is 1.74. The number of piperidine rings is 1. The third kappa shape index (κ3) is 4.06. The number of amides is 1. The first kappa shape index (κ1) is 18.2. The molecule has 0 radical (unpaired) electrons. The molecule has 0 saturated carbocycles. The lowest BCUT2D eigenvalue weighted by atomic mass is 9.94. The van der Waals surface area contributed by atoms with Gasteiger partial charge in [0.15, 0.2) is 0 Å². The summed E-state index contributed by atoms with van der Waals surface area (Å²) in [5.74, 6) is 0.388. The van der Waals surface area contributed by atoms with Crippen molar-refractivity contribution in [1.82, 2.24) is 9.80 Å². The van der Waals surface area contributed by atoms with Crippen LogP contribution in [0.25, 0.3) is 11.0 Å². The Hall–Kier alpha value is -2.18. The van der Waals surface area contributed by atoms with Gasteiger partial charge in [0, 0.05) is 37.0 Å². The van der Waals surface area contributed by atoms with Gasteiger partial charge in [-0.2, -0.15) is 0 Å². The monoisotopic (exact) mass is 370 g/mol. The predicted molar refractivity (Wildman–Crippen MR) is 103 cm³/mol. The Bertz CT molecular complexity index is 877. The molecule has 0 atom stereocenters. The van der Waals surface area contributed by atoms with Crippen molar-refractivity contribution in [2.75, 3.05) is 39.4 Å². The zero-order valence-corrected chi connectivity index (χ0v) is 15.8. The smallest absolute Gasteiger partial charge is 0.336 e. The quantitative estimate of drug-likeness (QED) is 0.775. The summed E-state index contributed by atoms with van der Waals surface area (Å²) in [6, 6.07) is 7.58. The van der Waals surface area contributed by atoms with Gasteiger partial charge in [0.05, 0.1) is 13.2 Å². The summed E-state index contributed by atoms with van der Waals surface area (Å²) in [5.41, 5.74) is 2.42. The van der Waals surface area contributed by atoms with E-state index in [0.29, 0.717) is 38.4 Å². The highest BCUT2D eigenvalue weighted by Crippen LogP contribution is 2.24. The van der Waals surface area contributed by atoms with Gasteiger partial charge >= 0.3 is 5.63 Å². The van der Waals surface area contributed by atoms with Crippen LogP contribution >= 0.6 is 0 Å². The molecule has 1 aromatic carbocycles. The van der Waals surface area contributed by atoms with Gasteiger partial charge in [-0.15, -0.1) is 0 Å². The van der Waals surface area contributed by atoms with Crippen molar-refractivity contribution in [2.24, 2.45) is 5.92 Å². The number of carbonyl (C=O) groups is 1. The molecule has 0 aliphatic carbocycles. The van der Waals surface area contributed by atoms with Crippen LogP contribution in [0.5, 0.6) is 0 Å². The number of morpholine rings is 1. The Kier molecular flexibility index (Phi) is 5.27. The van der Waals surface area contributed by atoms with Gasteiger partial charge in [0.25, 0.3) is 0 Å². The molecule has 6 heteroatoms. The number of nitrogens with zero attached hydrogens (tertiary/aromatic N) is 2. The lowest BCUT2D eigenvalue weighted by molar-refractivity contribution is -0.141. The average Bonchev–Trinajstić information content (AvgIpc) is 2.68. The summed E-state index contributed by atoms with van der Waals surface area (Å²) in [5, 5.41) is 0.992. The Balaban J connectivity index is 1.41. The maximum absolute atomic E-state index is 12.7. The minimum atomic E-state index is -0.305. The van der Waals surface area contributed by atoms with Crippen molar-refractivity contribution >= 4 is 16.9 Å². The van der Waals surface area contributed by atoms with Gasteiger partial charge in [0.2, 0.25) is 5.91 Å². The van der Waals surface area contributed by atoms with E-state index in [1.54, 1.807) is 6.07 Å². The van der Waals surface area contributed by atoms with Crippen LogP contribution in [0.4, 0.5) is 0 Å². The van der Waals surface area contributed by atoms with Crippen molar-refractivity contribution in [3.05, 3.63) is 45.8 Å². The first-order valence-electron chi connectivity index (χ1n) is 9.72. The Morgan fingerprint density at radius 3 is 2.59 bits per heavy atom. The van der Waals surface area contributed by atoms with Crippen LogP contribution in [0.3, 0.4) is 0 Å². The zero-order valence-electron chi connectivity index (χ0n) is 15.8. The standard InChI is InChI=1S/C21H26N2O4/c1-15-2-3-18-17(13-20(24)27-19(18)12-15)14-22-6-4-16(5-7-22)21(25)23-8-10-26-11-9-23/h2-3,12-13,16H,4-11,14H2,1H3. The summed E-state index contributed by atoms with van der Waals surface area (Å²) in [6.45, 7) is 7.16. The Morgan fingerprint density at radius 2 is 1.85 bits per heavy atom. The SMILES string of the molecule is Cc1ccc2c(CN3CCC(C(=O)N4CCOCC4)CC3)cc(=O)oc2c1. The van der Waals surface area contributed by atoms with E-state index >= 15 is 0 Å². The first-order valence-corrected chi connectivity index (χ1v) is 9.72. The van der Waals surface area contributed by atoms with E-state index in [-0.39, 0.29) is 17.5 Å². The van der Waals surface area contributed by atoms with Crippen LogP contribution in [0.2, 0.25) is 0 Å². The number of likely N-dealkylation sites (tertiary alicyclic amines) is 1. The maximum Gasteiger partial charge on any atom is 0.336 e. The second-order valence-electron chi connectivity index (χ2n) is 7.58. The highest BCUT2D eigenvalue weighted by atomic mass is 16.5. The molecule has 0 bridgehead atoms. The number of hydrogen-bond acceptors (Lipinski definition) is 5. The third-order valence-corrected chi connectivity index (χ3v) is 5.64. The highest BCUT2D eigenvalue weighted by Gasteiger charge is 2.29. The molecule has 0 spiro atoms. The fraction of sp³-hybridized carbons (Fsp3) is 0.524. The molecule has 2 aliphatic rings. The van der Waals surface area contributed by atoms with Gasteiger partial charge in [0.1, 0.15) is 5.58 Å². The van der Waals surface area contributed by atoms with Gasteiger partial charge in [-0.3, -0.25) is 9.69 Å². The third-order valence-electron chi connectivity index (χ3n) is 5.64. The topological polar surface area (TPSA) is 63.0 Å². The predicted octanol–water partition coefficient (Wildman–Crippen LogP) is 2.17. The minimum Gasteiger partial charge on any atom is -0.423 e. The zero-order chi connectivity index (χ0) is 18.8. The fourth-order valence-electron chi connectivity index (χ4n) is 4.09. The van der Waals surface area contributed by atoms with E-state index in [1.165, 1.54) is 0 Å². The van der Waals surface area contributed by atoms with Gasteiger partial charge in [-0.1, -0.05) is 12.1 Å². The van der Waals surface area contributed by atoms with Crippen molar-refractivity contribution in [3.63, 3.8) is 0 Å². The van der Waals surface area contributed by atoms with E-state index in [4.69, 9.17) is 9.15 Å². The van der Waals surface area contributed by atoms with E-state index in [2.05, 4.69) is 4.90 Å². The van der Waals surface area contributed by atoms with Crippen LogP contribution in [0.15, 0.2) is 33.5 Å². The lowest BCUT2D eigenvalue weighted by Crippen LogP contribution is -2.46. The summed E-state index contributed by atoms with van der Waals surface area (Å²) in [7, 11) is 0. The van der Waals surface area contributed by atoms with Crippen molar-refractivity contribution in [1.29, 1.82) is 0 Å². The average molecular weight is 370 g/mol. The Labute approximate surface area is 158 Å². The highest BCUT2D eigenvalue weighted by molar-refractivity contribution is 5.81. The molecule has 2 saturated heterocycles. The molecule has 27 heavy (non-hydrogen) atoms. The molecule has 1 amide bonds. The molecule has 6 nitrogen and oxygen atoms in total. The van der Waals surface area contributed by atoms with E-state index < -0.39 is 0 Å². The molecule has 4 rings (SSSR count). The number of fused-ring (bicyclic) bond motifs is 1. The van der Waals surface area contributed by atoms with E-state index in [9.17, 15) is 9.59 Å². The summed E-state index contributed by atoms with van der Waals surface area (Å²) < 4.78 is 10.7. The van der Waals surface area contributed by atoms with E-state index in [0.717, 1.165) is 42.4 Å². The summed E-state index contributed by atoms with van der Waals surface area (Å²) in [4.78, 5) is 28.9. The van der Waals surface area contributed by atoms with E-state index in [1.807, 2.05) is 30.0 Å². The molecule has 0 unspecified atom stereocenters. The number of hydrogen-bond donors (Lipinski definition) is 0. The second-order valence-corrected chi connectivity index (χ2v) is 7.58. The molecule has 0 N–H and O–H groups in total. The normalized spacial score (nSPS) is 19.5. The molecular weight excluding hydrogens is 344 g/mol. The molecule has 2 aromatic rings. The minimum absolute atomic E-state index is 0.111. The van der Waals surface area contributed by atoms with Crippen LogP contribution in [-0.2, 0) is 16.1 Å². The molecular formula is C21H26N2O4. The number of carbonyl (C=O) groups excluding carboxylic acids is 1. The largest absolute Gasteiger partial charge is 0.423 e. The number of rotatable bonds is 3. The molecule has 144 valence electrons. The lowest BCUT2D eigenvalue weighted by Gasteiger charge is -2.35.